The molecule has 3 aromatic rings. The van der Waals surface area contributed by atoms with Gasteiger partial charge in [-0.2, -0.15) is 0 Å². The Kier molecular flexibility index (Phi) is 5.61. The van der Waals surface area contributed by atoms with Crippen LogP contribution in [0.4, 0.5) is 5.69 Å². The summed E-state index contributed by atoms with van der Waals surface area (Å²) < 4.78 is 0. The zero-order chi connectivity index (χ0) is 23.0. The van der Waals surface area contributed by atoms with Crippen LogP contribution in [0.3, 0.4) is 0 Å². The number of carbonyl (C=O) groups is 2. The van der Waals surface area contributed by atoms with Gasteiger partial charge in [-0.15, -0.1) is 0 Å². The molecular formula is C26H23ClN2O3. The Balaban J connectivity index is 1.90. The highest BCUT2D eigenvalue weighted by molar-refractivity contribution is 6.51. The molecule has 1 aliphatic heterocycles. The molecule has 1 amide bonds. The van der Waals surface area contributed by atoms with Crippen molar-refractivity contribution < 1.29 is 14.7 Å². The van der Waals surface area contributed by atoms with Crippen LogP contribution in [0.25, 0.3) is 5.76 Å². The van der Waals surface area contributed by atoms with Crippen LogP contribution in [0.5, 0.6) is 0 Å². The van der Waals surface area contributed by atoms with Gasteiger partial charge in [0.1, 0.15) is 5.76 Å². The molecule has 1 atom stereocenters. The highest BCUT2D eigenvalue weighted by Crippen LogP contribution is 2.42. The van der Waals surface area contributed by atoms with Crippen molar-refractivity contribution in [2.45, 2.75) is 32.2 Å². The Morgan fingerprint density at radius 2 is 1.66 bits per heavy atom. The minimum Gasteiger partial charge on any atom is -0.507 e. The van der Waals surface area contributed by atoms with Gasteiger partial charge in [-0.05, 0) is 52.9 Å². The predicted molar refractivity (Wildman–Crippen MR) is 126 cm³/mol. The smallest absolute Gasteiger partial charge is 0.300 e. The van der Waals surface area contributed by atoms with Gasteiger partial charge in [0, 0.05) is 28.7 Å². The van der Waals surface area contributed by atoms with Crippen molar-refractivity contribution in [2.75, 3.05) is 4.90 Å². The number of ketones is 1. The second kappa shape index (κ2) is 8.24. The van der Waals surface area contributed by atoms with E-state index in [1.165, 1.54) is 4.90 Å². The maximum Gasteiger partial charge on any atom is 0.300 e. The van der Waals surface area contributed by atoms with Gasteiger partial charge >= 0.3 is 0 Å². The van der Waals surface area contributed by atoms with E-state index in [9.17, 15) is 14.7 Å². The van der Waals surface area contributed by atoms with Gasteiger partial charge < -0.3 is 5.11 Å². The molecule has 2 heterocycles. The van der Waals surface area contributed by atoms with Crippen molar-refractivity contribution in [2.24, 2.45) is 0 Å². The van der Waals surface area contributed by atoms with Gasteiger partial charge in [-0.25, -0.2) is 0 Å². The Labute approximate surface area is 192 Å². The minimum absolute atomic E-state index is 0.0170. The molecule has 0 bridgehead atoms. The lowest BCUT2D eigenvalue weighted by molar-refractivity contribution is -0.132. The summed E-state index contributed by atoms with van der Waals surface area (Å²) in [5.41, 5.74) is 2.69. The predicted octanol–water partition coefficient (Wildman–Crippen LogP) is 5.66. The van der Waals surface area contributed by atoms with E-state index in [4.69, 9.17) is 11.6 Å². The van der Waals surface area contributed by atoms with Crippen LogP contribution in [-0.4, -0.2) is 21.8 Å². The van der Waals surface area contributed by atoms with Crippen LogP contribution in [0, 0.1) is 0 Å². The number of benzene rings is 2. The molecule has 4 rings (SSSR count). The molecule has 1 aromatic heterocycles. The number of hydrogen-bond acceptors (Lipinski definition) is 4. The van der Waals surface area contributed by atoms with E-state index >= 15 is 0 Å². The molecule has 32 heavy (non-hydrogen) atoms. The molecule has 1 saturated heterocycles. The molecule has 5 nitrogen and oxygen atoms in total. The molecule has 1 N–H and O–H groups in total. The molecule has 0 saturated carbocycles. The fraction of sp³-hybridized carbons (Fsp3) is 0.192. The zero-order valence-corrected chi connectivity index (χ0v) is 18.8. The third-order valence-corrected chi connectivity index (χ3v) is 5.81. The number of rotatable bonds is 3. The van der Waals surface area contributed by atoms with Gasteiger partial charge in [0.05, 0.1) is 11.6 Å². The molecule has 2 aromatic carbocycles. The second-order valence-corrected chi connectivity index (χ2v) is 9.19. The van der Waals surface area contributed by atoms with Gasteiger partial charge in [0.2, 0.25) is 0 Å². The lowest BCUT2D eigenvalue weighted by Gasteiger charge is -2.26. The fourth-order valence-electron chi connectivity index (χ4n) is 3.87. The Hall–Kier alpha value is -3.44. The van der Waals surface area contributed by atoms with E-state index in [0.717, 1.165) is 5.56 Å². The Bertz CT molecular complexity index is 1210. The summed E-state index contributed by atoms with van der Waals surface area (Å²) >= 11 is 6.09. The standard InChI is InChI=1S/C26H23ClN2O3/c1-26(2,3)18-7-9-20(10-8-18)29-22(16-11-13-28-14-12-16)21(24(31)25(29)32)23(30)17-5-4-6-19(27)15-17/h4-15,22,30H,1-3H3/b23-21+. The number of nitrogens with zero attached hydrogens (tertiary/aromatic N) is 2. The molecule has 0 radical (unpaired) electrons. The Morgan fingerprint density at radius 1 is 1.00 bits per heavy atom. The molecular weight excluding hydrogens is 424 g/mol. The van der Waals surface area contributed by atoms with Crippen molar-refractivity contribution in [1.82, 2.24) is 4.98 Å². The van der Waals surface area contributed by atoms with Crippen LogP contribution in [-0.2, 0) is 15.0 Å². The summed E-state index contributed by atoms with van der Waals surface area (Å²) in [6, 6.07) is 16.8. The second-order valence-electron chi connectivity index (χ2n) is 8.76. The summed E-state index contributed by atoms with van der Waals surface area (Å²) in [4.78, 5) is 31.8. The lowest BCUT2D eigenvalue weighted by atomic mass is 9.87. The van der Waals surface area contributed by atoms with E-state index in [1.807, 2.05) is 24.3 Å². The SMILES string of the molecule is CC(C)(C)c1ccc(N2C(=O)C(=O)/C(=C(/O)c3cccc(Cl)c3)C2c2ccncc2)cc1. The number of pyridine rings is 1. The molecule has 1 fully saturated rings. The average Bonchev–Trinajstić information content (AvgIpc) is 3.04. The molecule has 1 aliphatic rings. The third kappa shape index (κ3) is 3.92. The highest BCUT2D eigenvalue weighted by Gasteiger charge is 2.47. The Morgan fingerprint density at radius 3 is 2.25 bits per heavy atom. The van der Waals surface area contributed by atoms with Gasteiger partial charge in [-0.3, -0.25) is 19.5 Å². The maximum absolute atomic E-state index is 13.2. The highest BCUT2D eigenvalue weighted by atomic mass is 35.5. The number of aliphatic hydroxyl groups is 1. The minimum atomic E-state index is -0.794. The fourth-order valence-corrected chi connectivity index (χ4v) is 4.06. The number of Topliss-reactive ketones (excluding diaryl/α,β-unsaturated/α-hetero) is 1. The number of anilines is 1. The number of amides is 1. The van der Waals surface area contributed by atoms with E-state index in [1.54, 1.807) is 48.8 Å². The van der Waals surface area contributed by atoms with Crippen molar-refractivity contribution in [3.63, 3.8) is 0 Å². The van der Waals surface area contributed by atoms with Gasteiger partial charge in [0.25, 0.3) is 11.7 Å². The monoisotopic (exact) mass is 446 g/mol. The summed E-state index contributed by atoms with van der Waals surface area (Å²) in [5, 5.41) is 11.5. The normalized spacial score (nSPS) is 18.2. The zero-order valence-electron chi connectivity index (χ0n) is 18.0. The van der Waals surface area contributed by atoms with Crippen molar-refractivity contribution in [1.29, 1.82) is 0 Å². The van der Waals surface area contributed by atoms with E-state index in [2.05, 4.69) is 25.8 Å². The van der Waals surface area contributed by atoms with E-state index in [-0.39, 0.29) is 16.7 Å². The van der Waals surface area contributed by atoms with E-state index < -0.39 is 17.7 Å². The van der Waals surface area contributed by atoms with Crippen molar-refractivity contribution >= 4 is 34.7 Å². The summed E-state index contributed by atoms with van der Waals surface area (Å²) in [6.07, 6.45) is 3.19. The van der Waals surface area contributed by atoms with Crippen LogP contribution in [0.1, 0.15) is 43.5 Å². The maximum atomic E-state index is 13.2. The first-order valence-electron chi connectivity index (χ1n) is 10.3. The molecule has 0 spiro atoms. The first-order chi connectivity index (χ1) is 15.2. The summed E-state index contributed by atoms with van der Waals surface area (Å²) in [5.74, 6) is -1.70. The third-order valence-electron chi connectivity index (χ3n) is 5.58. The summed E-state index contributed by atoms with van der Waals surface area (Å²) in [7, 11) is 0. The quantitative estimate of drug-likeness (QED) is 0.320. The molecule has 162 valence electrons. The van der Waals surface area contributed by atoms with Gasteiger partial charge in [-0.1, -0.05) is 56.6 Å². The molecule has 1 unspecified atom stereocenters. The molecule has 0 aliphatic carbocycles. The number of aliphatic hydroxyl groups excluding tert-OH is 1. The first kappa shape index (κ1) is 21.8. The number of hydrogen-bond donors (Lipinski definition) is 1. The van der Waals surface area contributed by atoms with Crippen LogP contribution in [0.2, 0.25) is 5.02 Å². The largest absolute Gasteiger partial charge is 0.507 e. The first-order valence-corrected chi connectivity index (χ1v) is 10.6. The van der Waals surface area contributed by atoms with Crippen LogP contribution < -0.4 is 4.90 Å². The van der Waals surface area contributed by atoms with E-state index in [0.29, 0.717) is 21.8 Å². The number of carbonyl (C=O) groups excluding carboxylic acids is 2. The number of halogens is 1. The van der Waals surface area contributed by atoms with Crippen LogP contribution >= 0.6 is 11.6 Å². The average molecular weight is 447 g/mol. The lowest BCUT2D eigenvalue weighted by Crippen LogP contribution is -2.29. The summed E-state index contributed by atoms with van der Waals surface area (Å²) in [6.45, 7) is 6.32. The number of aromatic nitrogens is 1. The topological polar surface area (TPSA) is 70.5 Å². The van der Waals surface area contributed by atoms with Crippen LogP contribution in [0.15, 0.2) is 78.6 Å². The molecule has 6 heteroatoms. The van der Waals surface area contributed by atoms with Crippen molar-refractivity contribution in [3.05, 3.63) is 100 Å². The van der Waals surface area contributed by atoms with Crippen molar-refractivity contribution in [3.8, 4) is 0 Å². The van der Waals surface area contributed by atoms with Gasteiger partial charge in [0.15, 0.2) is 0 Å².